The monoisotopic (exact) mass is 296 g/mol. The number of sulfonamides is 1. The largest absolute Gasteiger partial charge is 0.315 e. The van der Waals surface area contributed by atoms with Gasteiger partial charge in [-0.25, -0.2) is 8.42 Å². The van der Waals surface area contributed by atoms with Gasteiger partial charge in [-0.15, -0.1) is 0 Å². The first-order valence-corrected chi connectivity index (χ1v) is 8.54. The number of aryl methyl sites for hydroxylation is 3. The molecule has 1 heterocycles. The van der Waals surface area contributed by atoms with E-state index in [9.17, 15) is 8.42 Å². The summed E-state index contributed by atoms with van der Waals surface area (Å²) in [6.45, 7) is 7.46. The van der Waals surface area contributed by atoms with Crippen molar-refractivity contribution in [1.82, 2.24) is 9.62 Å². The maximum absolute atomic E-state index is 12.9. The lowest BCUT2D eigenvalue weighted by Crippen LogP contribution is -2.46. The summed E-state index contributed by atoms with van der Waals surface area (Å²) in [5.41, 5.74) is 2.76. The zero-order valence-electron chi connectivity index (χ0n) is 12.7. The lowest BCUT2D eigenvalue weighted by Gasteiger charge is -2.31. The Bertz CT molecular complexity index is 567. The molecular formula is C15H24N2O2S. The molecule has 1 unspecified atom stereocenters. The predicted octanol–water partition coefficient (Wildman–Crippen LogP) is 1.98. The molecule has 1 aromatic rings. The highest BCUT2D eigenvalue weighted by Gasteiger charge is 2.31. The number of nitrogens with zero attached hydrogens (tertiary/aromatic N) is 1. The van der Waals surface area contributed by atoms with Crippen LogP contribution in [0.25, 0.3) is 0 Å². The Hall–Kier alpha value is -0.910. The number of hydrogen-bond donors (Lipinski definition) is 1. The Morgan fingerprint density at radius 3 is 2.30 bits per heavy atom. The van der Waals surface area contributed by atoms with Crippen molar-refractivity contribution in [3.8, 4) is 0 Å². The molecule has 1 saturated heterocycles. The molecule has 1 aliphatic heterocycles. The van der Waals surface area contributed by atoms with Crippen molar-refractivity contribution in [2.45, 2.75) is 44.6 Å². The van der Waals surface area contributed by atoms with Crippen molar-refractivity contribution in [2.75, 3.05) is 20.1 Å². The number of benzene rings is 1. The van der Waals surface area contributed by atoms with Crippen LogP contribution in [0.5, 0.6) is 0 Å². The fraction of sp³-hybridized carbons (Fsp3) is 0.600. The topological polar surface area (TPSA) is 49.4 Å². The normalized spacial score (nSPS) is 20.4. The second kappa shape index (κ2) is 5.84. The zero-order chi connectivity index (χ0) is 14.9. The molecule has 5 heteroatoms. The van der Waals surface area contributed by atoms with Gasteiger partial charge in [0.15, 0.2) is 0 Å². The van der Waals surface area contributed by atoms with E-state index in [2.05, 4.69) is 5.32 Å². The van der Waals surface area contributed by atoms with E-state index in [0.717, 1.165) is 42.6 Å². The summed E-state index contributed by atoms with van der Waals surface area (Å²) >= 11 is 0. The zero-order valence-corrected chi connectivity index (χ0v) is 13.5. The molecular weight excluding hydrogens is 272 g/mol. The predicted molar refractivity (Wildman–Crippen MR) is 81.5 cm³/mol. The van der Waals surface area contributed by atoms with Gasteiger partial charge in [-0.3, -0.25) is 0 Å². The van der Waals surface area contributed by atoms with Gasteiger partial charge >= 0.3 is 0 Å². The summed E-state index contributed by atoms with van der Waals surface area (Å²) in [7, 11) is -1.72. The molecule has 1 fully saturated rings. The summed E-state index contributed by atoms with van der Waals surface area (Å²) in [4.78, 5) is 0.469. The Labute approximate surface area is 122 Å². The van der Waals surface area contributed by atoms with Crippen molar-refractivity contribution >= 4 is 10.0 Å². The number of hydrogen-bond acceptors (Lipinski definition) is 3. The summed E-state index contributed by atoms with van der Waals surface area (Å²) in [5, 5.41) is 3.27. The Morgan fingerprint density at radius 1 is 1.20 bits per heavy atom. The molecule has 0 aromatic heterocycles. The van der Waals surface area contributed by atoms with Crippen LogP contribution in [0.1, 0.15) is 29.5 Å². The van der Waals surface area contributed by atoms with Gasteiger partial charge in [0.1, 0.15) is 0 Å². The van der Waals surface area contributed by atoms with Crippen molar-refractivity contribution in [1.29, 1.82) is 0 Å². The summed E-state index contributed by atoms with van der Waals surface area (Å²) < 4.78 is 27.3. The molecule has 0 saturated carbocycles. The second-order valence-corrected chi connectivity index (χ2v) is 7.68. The summed E-state index contributed by atoms with van der Waals surface area (Å²) in [5.74, 6) is 0. The number of rotatable bonds is 3. The van der Waals surface area contributed by atoms with Crippen LogP contribution < -0.4 is 5.32 Å². The lowest BCUT2D eigenvalue weighted by molar-refractivity contribution is 0.300. The summed E-state index contributed by atoms with van der Waals surface area (Å²) in [6.07, 6.45) is 1.95. The number of nitrogens with one attached hydrogen (secondary N) is 1. The number of piperidine rings is 1. The molecule has 4 nitrogen and oxygen atoms in total. The van der Waals surface area contributed by atoms with Crippen LogP contribution >= 0.6 is 0 Å². The SMILES string of the molecule is Cc1cc(C)c(S(=O)(=O)N(C)C2CCCNC2)c(C)c1. The van der Waals surface area contributed by atoms with Crippen LogP contribution in [-0.4, -0.2) is 38.9 Å². The third-order valence-electron chi connectivity index (χ3n) is 4.03. The minimum absolute atomic E-state index is 0.0499. The maximum Gasteiger partial charge on any atom is 0.243 e. The Balaban J connectivity index is 2.39. The Morgan fingerprint density at radius 2 is 1.80 bits per heavy atom. The lowest BCUT2D eigenvalue weighted by atomic mass is 10.1. The fourth-order valence-electron chi connectivity index (χ4n) is 3.06. The van der Waals surface area contributed by atoms with Crippen LogP contribution in [0.2, 0.25) is 0 Å². The van der Waals surface area contributed by atoms with Crippen LogP contribution in [-0.2, 0) is 10.0 Å². The molecule has 0 amide bonds. The molecule has 2 rings (SSSR count). The smallest absolute Gasteiger partial charge is 0.243 e. The van der Waals surface area contributed by atoms with E-state index in [-0.39, 0.29) is 6.04 Å². The quantitative estimate of drug-likeness (QED) is 0.928. The summed E-state index contributed by atoms with van der Waals surface area (Å²) in [6, 6.07) is 3.92. The molecule has 0 radical (unpaired) electrons. The van der Waals surface area contributed by atoms with E-state index in [1.165, 1.54) is 0 Å². The van der Waals surface area contributed by atoms with E-state index in [1.54, 1.807) is 11.4 Å². The van der Waals surface area contributed by atoms with E-state index >= 15 is 0 Å². The van der Waals surface area contributed by atoms with Crippen LogP contribution in [0.4, 0.5) is 0 Å². The van der Waals surface area contributed by atoms with Crippen molar-refractivity contribution in [3.05, 3.63) is 28.8 Å². The van der Waals surface area contributed by atoms with Crippen molar-refractivity contribution in [2.24, 2.45) is 0 Å². The molecule has 20 heavy (non-hydrogen) atoms. The van der Waals surface area contributed by atoms with E-state index < -0.39 is 10.0 Å². The third-order valence-corrected chi connectivity index (χ3v) is 6.24. The van der Waals surface area contributed by atoms with E-state index in [4.69, 9.17) is 0 Å². The highest BCUT2D eigenvalue weighted by molar-refractivity contribution is 7.89. The average molecular weight is 296 g/mol. The minimum Gasteiger partial charge on any atom is -0.315 e. The van der Waals surface area contributed by atoms with Crippen molar-refractivity contribution in [3.63, 3.8) is 0 Å². The first kappa shape index (κ1) is 15.5. The van der Waals surface area contributed by atoms with Crippen LogP contribution in [0, 0.1) is 20.8 Å². The number of likely N-dealkylation sites (N-methyl/N-ethyl adjacent to an activating group) is 1. The first-order chi connectivity index (χ1) is 9.34. The van der Waals surface area contributed by atoms with Gasteiger partial charge in [0.05, 0.1) is 4.90 Å². The fourth-order valence-corrected chi connectivity index (χ4v) is 4.85. The van der Waals surface area contributed by atoms with Gasteiger partial charge in [-0.1, -0.05) is 17.7 Å². The molecule has 0 spiro atoms. The van der Waals surface area contributed by atoms with Gasteiger partial charge < -0.3 is 5.32 Å². The molecule has 1 atom stereocenters. The van der Waals surface area contributed by atoms with Gasteiger partial charge in [-0.2, -0.15) is 4.31 Å². The van der Waals surface area contributed by atoms with Gasteiger partial charge in [0, 0.05) is 19.6 Å². The molecule has 0 bridgehead atoms. The van der Waals surface area contributed by atoms with Crippen LogP contribution in [0.15, 0.2) is 17.0 Å². The average Bonchev–Trinajstić information content (AvgIpc) is 2.37. The maximum atomic E-state index is 12.9. The second-order valence-electron chi connectivity index (χ2n) is 5.75. The van der Waals surface area contributed by atoms with E-state index in [0.29, 0.717) is 4.90 Å². The van der Waals surface area contributed by atoms with Gasteiger partial charge in [-0.05, 0) is 51.3 Å². The third kappa shape index (κ3) is 2.90. The Kier molecular flexibility index (Phi) is 4.52. The van der Waals surface area contributed by atoms with Gasteiger partial charge in [0.25, 0.3) is 0 Å². The van der Waals surface area contributed by atoms with E-state index in [1.807, 2.05) is 32.9 Å². The highest BCUT2D eigenvalue weighted by atomic mass is 32.2. The minimum atomic E-state index is -3.42. The van der Waals surface area contributed by atoms with Crippen molar-refractivity contribution < 1.29 is 8.42 Å². The van der Waals surface area contributed by atoms with Gasteiger partial charge in [0.2, 0.25) is 10.0 Å². The first-order valence-electron chi connectivity index (χ1n) is 7.10. The standard InChI is InChI=1S/C15H24N2O2S/c1-11-8-12(2)15(13(3)9-11)20(18,19)17(4)14-6-5-7-16-10-14/h8-9,14,16H,5-7,10H2,1-4H3. The highest BCUT2D eigenvalue weighted by Crippen LogP contribution is 2.26. The molecule has 1 aliphatic rings. The molecule has 1 aromatic carbocycles. The molecule has 112 valence electrons. The molecule has 1 N–H and O–H groups in total. The van der Waals surface area contributed by atoms with Crippen LogP contribution in [0.3, 0.4) is 0 Å². The molecule has 0 aliphatic carbocycles.